The second kappa shape index (κ2) is 9.20. The number of hydrogen-bond acceptors (Lipinski definition) is 3. The third kappa shape index (κ3) is 4.22. The maximum Gasteiger partial charge on any atom is 0.258 e. The van der Waals surface area contributed by atoms with Crippen LogP contribution < -0.4 is 4.90 Å². The average molecular weight is 461 g/mol. The van der Waals surface area contributed by atoms with E-state index in [4.69, 9.17) is 0 Å². The Morgan fingerprint density at radius 2 is 1.71 bits per heavy atom. The zero-order chi connectivity index (χ0) is 23.6. The van der Waals surface area contributed by atoms with Crippen LogP contribution in [0.1, 0.15) is 23.0 Å². The van der Waals surface area contributed by atoms with Gasteiger partial charge in [0.1, 0.15) is 0 Å². The van der Waals surface area contributed by atoms with Gasteiger partial charge in [0.05, 0.1) is 6.33 Å². The third-order valence-corrected chi connectivity index (χ3v) is 6.73. The second-order valence-electron chi connectivity index (χ2n) is 8.98. The molecule has 0 aliphatic carbocycles. The Balaban J connectivity index is 0.00000267. The Morgan fingerprint density at radius 3 is 2.57 bits per heavy atom. The highest BCUT2D eigenvalue weighted by atomic mass is 16.2. The fraction of sp³-hybridized carbons (Fsp3) is 0.133. The average Bonchev–Trinajstić information content (AvgIpc) is 3.35. The van der Waals surface area contributed by atoms with Crippen LogP contribution in [0.5, 0.6) is 0 Å². The molecule has 1 aromatic heterocycles. The van der Waals surface area contributed by atoms with Gasteiger partial charge in [0.15, 0.2) is 0 Å². The minimum Gasteiger partial charge on any atom is -0.347 e. The number of H-pyrrole nitrogens is 1. The van der Waals surface area contributed by atoms with Gasteiger partial charge in [-0.05, 0) is 45.7 Å². The van der Waals surface area contributed by atoms with Gasteiger partial charge in [-0.1, -0.05) is 72.8 Å². The molecule has 2 heterocycles. The van der Waals surface area contributed by atoms with E-state index in [0.29, 0.717) is 6.54 Å². The molecule has 4 aromatic carbocycles. The Hall–Kier alpha value is -4.22. The SMILES string of the molecule is O=C(c1cccc2ccccc12)N1CCN(Cc2cnc[nH]2)Cc2cc(-c3ccccc3)ccc21.[HH]. The van der Waals surface area contributed by atoms with Crippen molar-refractivity contribution in [1.29, 1.82) is 0 Å². The van der Waals surface area contributed by atoms with E-state index in [1.165, 1.54) is 5.56 Å². The van der Waals surface area contributed by atoms with Crippen molar-refractivity contribution >= 4 is 22.4 Å². The van der Waals surface area contributed by atoms with E-state index in [-0.39, 0.29) is 7.33 Å². The first-order valence-corrected chi connectivity index (χ1v) is 11.9. The van der Waals surface area contributed by atoms with Crippen LogP contribution in [0.2, 0.25) is 0 Å². The van der Waals surface area contributed by atoms with Crippen molar-refractivity contribution < 1.29 is 6.22 Å². The summed E-state index contributed by atoms with van der Waals surface area (Å²) in [7, 11) is 0. The van der Waals surface area contributed by atoms with Crippen molar-refractivity contribution in [1.82, 2.24) is 14.9 Å². The number of carbonyl (C=O) groups is 1. The number of hydrogen-bond donors (Lipinski definition) is 1. The monoisotopic (exact) mass is 460 g/mol. The Bertz CT molecular complexity index is 1480. The minimum atomic E-state index is 0. The molecule has 0 spiro atoms. The summed E-state index contributed by atoms with van der Waals surface area (Å²) in [5.41, 5.74) is 6.27. The van der Waals surface area contributed by atoms with Crippen LogP contribution >= 0.6 is 0 Å². The number of aromatic amines is 1. The first-order valence-electron chi connectivity index (χ1n) is 11.9. The predicted molar refractivity (Wildman–Crippen MR) is 142 cm³/mol. The van der Waals surface area contributed by atoms with E-state index in [1.54, 1.807) is 6.33 Å². The molecule has 0 atom stereocenters. The smallest absolute Gasteiger partial charge is 0.258 e. The van der Waals surface area contributed by atoms with Gasteiger partial charge in [0, 0.05) is 50.7 Å². The van der Waals surface area contributed by atoms with Gasteiger partial charge in [0.25, 0.3) is 5.91 Å². The van der Waals surface area contributed by atoms with Crippen molar-refractivity contribution in [2.75, 3.05) is 18.0 Å². The van der Waals surface area contributed by atoms with Crippen LogP contribution in [-0.2, 0) is 13.1 Å². The van der Waals surface area contributed by atoms with Gasteiger partial charge in [0.2, 0.25) is 0 Å². The minimum absolute atomic E-state index is 0. The summed E-state index contributed by atoms with van der Waals surface area (Å²) in [5.74, 6) is 0.0406. The van der Waals surface area contributed by atoms with Crippen LogP contribution in [0.15, 0.2) is 104 Å². The standard InChI is InChI=1S/C30H26N4O.H2/c35-30(28-12-6-10-23-9-4-5-11-27(23)28)34-16-15-33(20-26-18-31-21-32-26)19-25-17-24(13-14-29(25)34)22-7-2-1-3-8-22;/h1-14,17-18,21H,15-16,19-20H2,(H,31,32);1H. The zero-order valence-corrected chi connectivity index (χ0v) is 19.4. The number of nitrogens with one attached hydrogen (secondary N) is 1. The Labute approximate surface area is 206 Å². The molecule has 0 saturated heterocycles. The first kappa shape index (κ1) is 21.3. The molecule has 1 N–H and O–H groups in total. The molecule has 174 valence electrons. The molecular weight excluding hydrogens is 432 g/mol. The summed E-state index contributed by atoms with van der Waals surface area (Å²) in [6.45, 7) is 2.90. The molecule has 35 heavy (non-hydrogen) atoms. The fourth-order valence-corrected chi connectivity index (χ4v) is 4.98. The maximum atomic E-state index is 14.0. The lowest BCUT2D eigenvalue weighted by Gasteiger charge is -2.24. The van der Waals surface area contributed by atoms with Gasteiger partial charge in [-0.25, -0.2) is 4.98 Å². The second-order valence-corrected chi connectivity index (χ2v) is 8.98. The number of anilines is 1. The van der Waals surface area contributed by atoms with Gasteiger partial charge in [-0.2, -0.15) is 0 Å². The van der Waals surface area contributed by atoms with Gasteiger partial charge >= 0.3 is 0 Å². The predicted octanol–water partition coefficient (Wildman–Crippen LogP) is 6.14. The number of aromatic nitrogens is 2. The number of nitrogens with zero attached hydrogens (tertiary/aromatic N) is 3. The summed E-state index contributed by atoms with van der Waals surface area (Å²) in [6.07, 6.45) is 3.58. The van der Waals surface area contributed by atoms with Gasteiger partial charge < -0.3 is 9.88 Å². The molecule has 0 radical (unpaired) electrons. The van der Waals surface area contributed by atoms with Gasteiger partial charge in [-0.3, -0.25) is 9.69 Å². The number of rotatable bonds is 4. The zero-order valence-electron chi connectivity index (χ0n) is 19.4. The highest BCUT2D eigenvalue weighted by Crippen LogP contribution is 2.32. The first-order chi connectivity index (χ1) is 17.3. The van der Waals surface area contributed by atoms with Crippen molar-refractivity contribution in [3.8, 4) is 11.1 Å². The number of imidazole rings is 1. The van der Waals surface area contributed by atoms with E-state index in [2.05, 4.69) is 69.5 Å². The topological polar surface area (TPSA) is 52.2 Å². The van der Waals surface area contributed by atoms with E-state index < -0.39 is 0 Å². The van der Waals surface area contributed by atoms with Crippen LogP contribution in [0.25, 0.3) is 21.9 Å². The van der Waals surface area contributed by atoms with Crippen LogP contribution in [0.3, 0.4) is 0 Å². The number of benzene rings is 4. The molecular formula is C30H28N4O. The maximum absolute atomic E-state index is 14.0. The molecule has 1 aliphatic heterocycles. The van der Waals surface area contributed by atoms with Crippen molar-refractivity contribution in [2.24, 2.45) is 0 Å². The largest absolute Gasteiger partial charge is 0.347 e. The highest BCUT2D eigenvalue weighted by molar-refractivity contribution is 6.14. The molecule has 6 rings (SSSR count). The molecule has 1 aliphatic rings. The fourth-order valence-electron chi connectivity index (χ4n) is 4.98. The lowest BCUT2D eigenvalue weighted by atomic mass is 10.00. The molecule has 0 bridgehead atoms. The van der Waals surface area contributed by atoms with Crippen LogP contribution in [-0.4, -0.2) is 33.9 Å². The molecule has 0 unspecified atom stereocenters. The Morgan fingerprint density at radius 1 is 0.886 bits per heavy atom. The molecule has 5 nitrogen and oxygen atoms in total. The number of fused-ring (bicyclic) bond motifs is 2. The molecule has 5 heteroatoms. The molecule has 0 fully saturated rings. The summed E-state index contributed by atoms with van der Waals surface area (Å²) in [4.78, 5) is 25.7. The number of carbonyl (C=O) groups excluding carboxylic acids is 1. The quantitative estimate of drug-likeness (QED) is 0.351. The lowest BCUT2D eigenvalue weighted by Crippen LogP contribution is -2.36. The molecule has 0 saturated carbocycles. The summed E-state index contributed by atoms with van der Waals surface area (Å²) in [6, 6.07) is 30.9. The third-order valence-electron chi connectivity index (χ3n) is 6.73. The van der Waals surface area contributed by atoms with Crippen LogP contribution in [0, 0.1) is 0 Å². The normalized spacial score (nSPS) is 14.0. The van der Waals surface area contributed by atoms with Crippen molar-refractivity contribution in [3.63, 3.8) is 0 Å². The molecule has 5 aromatic rings. The lowest BCUT2D eigenvalue weighted by molar-refractivity contribution is 0.0986. The van der Waals surface area contributed by atoms with E-state index in [0.717, 1.165) is 58.5 Å². The summed E-state index contributed by atoms with van der Waals surface area (Å²) in [5, 5.41) is 2.06. The number of amides is 1. The van der Waals surface area contributed by atoms with Crippen molar-refractivity contribution in [2.45, 2.75) is 13.1 Å². The highest BCUT2D eigenvalue weighted by Gasteiger charge is 2.26. The van der Waals surface area contributed by atoms with Crippen molar-refractivity contribution in [3.05, 3.63) is 120 Å². The summed E-state index contributed by atoms with van der Waals surface area (Å²) < 4.78 is 0. The van der Waals surface area contributed by atoms with Gasteiger partial charge in [-0.15, -0.1) is 0 Å². The Kier molecular flexibility index (Phi) is 5.60. The summed E-state index contributed by atoms with van der Waals surface area (Å²) >= 11 is 0. The van der Waals surface area contributed by atoms with E-state index in [9.17, 15) is 4.79 Å². The molecule has 1 amide bonds. The van der Waals surface area contributed by atoms with E-state index >= 15 is 0 Å². The van der Waals surface area contributed by atoms with E-state index in [1.807, 2.05) is 47.5 Å². The van der Waals surface area contributed by atoms with Crippen LogP contribution in [0.4, 0.5) is 5.69 Å².